The standard InChI is InChI=1S/C18H11IS/c19-13-9-10-17-16(11-13)15-8-4-7-14(18(15)20-17)12-5-2-1-3-6-12/h1-11H. The predicted octanol–water partition coefficient (Wildman–Crippen LogP) is 6.33. The summed E-state index contributed by atoms with van der Waals surface area (Å²) in [5, 5.41) is 2.74. The number of thiophene rings is 1. The van der Waals surface area contributed by atoms with Crippen LogP contribution in [0.1, 0.15) is 0 Å². The van der Waals surface area contributed by atoms with Crippen LogP contribution in [-0.4, -0.2) is 0 Å². The van der Waals surface area contributed by atoms with Crippen LogP contribution in [0.25, 0.3) is 31.3 Å². The van der Waals surface area contributed by atoms with Crippen molar-refractivity contribution in [1.82, 2.24) is 0 Å². The van der Waals surface area contributed by atoms with E-state index in [1.807, 2.05) is 11.3 Å². The Morgan fingerprint density at radius 3 is 2.45 bits per heavy atom. The zero-order valence-corrected chi connectivity index (χ0v) is 13.6. The van der Waals surface area contributed by atoms with Crippen LogP contribution in [-0.2, 0) is 0 Å². The average Bonchev–Trinajstić information content (AvgIpc) is 2.86. The van der Waals surface area contributed by atoms with Gasteiger partial charge in [-0.15, -0.1) is 11.3 Å². The molecule has 0 saturated carbocycles. The largest absolute Gasteiger partial charge is 0.135 e. The van der Waals surface area contributed by atoms with Gasteiger partial charge in [0.05, 0.1) is 0 Å². The average molecular weight is 386 g/mol. The van der Waals surface area contributed by atoms with E-state index >= 15 is 0 Å². The van der Waals surface area contributed by atoms with E-state index in [0.29, 0.717) is 0 Å². The summed E-state index contributed by atoms with van der Waals surface area (Å²) >= 11 is 4.27. The van der Waals surface area contributed by atoms with E-state index in [2.05, 4.69) is 89.3 Å². The van der Waals surface area contributed by atoms with Gasteiger partial charge in [-0.05, 0) is 51.9 Å². The second kappa shape index (κ2) is 4.86. The summed E-state index contributed by atoms with van der Waals surface area (Å²) in [6.45, 7) is 0. The van der Waals surface area contributed by atoms with Crippen LogP contribution < -0.4 is 0 Å². The number of rotatable bonds is 1. The van der Waals surface area contributed by atoms with Gasteiger partial charge in [0.15, 0.2) is 0 Å². The predicted molar refractivity (Wildman–Crippen MR) is 97.5 cm³/mol. The molecule has 0 spiro atoms. The van der Waals surface area contributed by atoms with Crippen molar-refractivity contribution in [2.75, 3.05) is 0 Å². The van der Waals surface area contributed by atoms with Gasteiger partial charge in [0.1, 0.15) is 0 Å². The number of fused-ring (bicyclic) bond motifs is 3. The second-order valence-electron chi connectivity index (χ2n) is 4.79. The quantitative estimate of drug-likeness (QED) is 0.336. The van der Waals surface area contributed by atoms with Gasteiger partial charge in [0.2, 0.25) is 0 Å². The van der Waals surface area contributed by atoms with Crippen LogP contribution in [0.5, 0.6) is 0 Å². The molecular formula is C18H11IS. The SMILES string of the molecule is Ic1ccc2sc3c(-c4ccccc4)cccc3c2c1. The van der Waals surface area contributed by atoms with E-state index in [-0.39, 0.29) is 0 Å². The van der Waals surface area contributed by atoms with Gasteiger partial charge in [-0.2, -0.15) is 0 Å². The highest BCUT2D eigenvalue weighted by molar-refractivity contribution is 14.1. The highest BCUT2D eigenvalue weighted by atomic mass is 127. The fourth-order valence-electron chi connectivity index (χ4n) is 2.62. The number of halogens is 1. The van der Waals surface area contributed by atoms with Crippen molar-refractivity contribution in [2.24, 2.45) is 0 Å². The van der Waals surface area contributed by atoms with Crippen LogP contribution in [0.2, 0.25) is 0 Å². The van der Waals surface area contributed by atoms with Crippen molar-refractivity contribution in [1.29, 1.82) is 0 Å². The molecule has 0 aliphatic carbocycles. The van der Waals surface area contributed by atoms with Crippen LogP contribution in [0.15, 0.2) is 66.7 Å². The Morgan fingerprint density at radius 1 is 0.750 bits per heavy atom. The molecular weight excluding hydrogens is 375 g/mol. The Labute approximate surface area is 135 Å². The van der Waals surface area contributed by atoms with E-state index in [9.17, 15) is 0 Å². The van der Waals surface area contributed by atoms with Gasteiger partial charge in [0, 0.05) is 23.7 Å². The lowest BCUT2D eigenvalue weighted by atomic mass is 10.0. The minimum absolute atomic E-state index is 1.29. The monoisotopic (exact) mass is 386 g/mol. The summed E-state index contributed by atoms with van der Waals surface area (Å²) in [7, 11) is 0. The molecule has 0 fully saturated rings. The molecule has 1 aromatic heterocycles. The Morgan fingerprint density at radius 2 is 1.60 bits per heavy atom. The number of hydrogen-bond acceptors (Lipinski definition) is 1. The van der Waals surface area contributed by atoms with Crippen molar-refractivity contribution < 1.29 is 0 Å². The molecule has 4 aromatic rings. The van der Waals surface area contributed by atoms with E-state index in [1.54, 1.807) is 0 Å². The Balaban J connectivity index is 2.11. The highest BCUT2D eigenvalue weighted by Crippen LogP contribution is 2.40. The molecule has 0 N–H and O–H groups in total. The van der Waals surface area contributed by atoms with Gasteiger partial charge < -0.3 is 0 Å². The molecule has 0 aliphatic heterocycles. The number of hydrogen-bond donors (Lipinski definition) is 0. The van der Waals surface area contributed by atoms with Crippen molar-refractivity contribution in [2.45, 2.75) is 0 Å². The van der Waals surface area contributed by atoms with Crippen LogP contribution in [0.4, 0.5) is 0 Å². The van der Waals surface area contributed by atoms with Crippen molar-refractivity contribution >= 4 is 54.1 Å². The first-order valence-corrected chi connectivity index (χ1v) is 8.39. The van der Waals surface area contributed by atoms with Gasteiger partial charge in [-0.3, -0.25) is 0 Å². The third-order valence-electron chi connectivity index (χ3n) is 3.54. The minimum Gasteiger partial charge on any atom is -0.135 e. The fourth-order valence-corrected chi connectivity index (χ4v) is 4.33. The molecule has 0 atom stereocenters. The fraction of sp³-hybridized carbons (Fsp3) is 0. The molecule has 4 rings (SSSR count). The second-order valence-corrected chi connectivity index (χ2v) is 7.09. The molecule has 0 aliphatic rings. The summed E-state index contributed by atoms with van der Waals surface area (Å²) in [5.41, 5.74) is 2.62. The Kier molecular flexibility index (Phi) is 3.00. The van der Waals surface area contributed by atoms with E-state index in [4.69, 9.17) is 0 Å². The Hall–Kier alpha value is -1.39. The molecule has 0 amide bonds. The maximum Gasteiger partial charge on any atom is 0.0433 e. The van der Waals surface area contributed by atoms with Gasteiger partial charge in [-0.1, -0.05) is 48.5 Å². The van der Waals surface area contributed by atoms with Gasteiger partial charge in [-0.25, -0.2) is 0 Å². The molecule has 0 saturated heterocycles. The van der Waals surface area contributed by atoms with E-state index < -0.39 is 0 Å². The van der Waals surface area contributed by atoms with Gasteiger partial charge in [0.25, 0.3) is 0 Å². The molecule has 0 radical (unpaired) electrons. The molecule has 2 heteroatoms. The third-order valence-corrected chi connectivity index (χ3v) is 5.43. The summed E-state index contributed by atoms with van der Waals surface area (Å²) in [4.78, 5) is 0. The van der Waals surface area contributed by atoms with Crippen molar-refractivity contribution in [3.63, 3.8) is 0 Å². The van der Waals surface area contributed by atoms with Crippen LogP contribution >= 0.6 is 33.9 Å². The van der Waals surface area contributed by atoms with E-state index in [0.717, 1.165) is 0 Å². The normalized spacial score (nSPS) is 11.2. The summed E-state index contributed by atoms with van der Waals surface area (Å²) < 4.78 is 4.04. The first-order valence-electron chi connectivity index (χ1n) is 6.49. The molecule has 0 unspecified atom stereocenters. The minimum atomic E-state index is 1.29. The summed E-state index contributed by atoms with van der Waals surface area (Å²) in [5.74, 6) is 0. The maximum atomic E-state index is 2.38. The topological polar surface area (TPSA) is 0 Å². The third kappa shape index (κ3) is 1.95. The maximum absolute atomic E-state index is 2.38. The lowest BCUT2D eigenvalue weighted by molar-refractivity contribution is 1.67. The lowest BCUT2D eigenvalue weighted by Crippen LogP contribution is -1.77. The molecule has 0 nitrogen and oxygen atoms in total. The first kappa shape index (κ1) is 12.4. The Bertz CT molecular complexity index is 907. The molecule has 3 aromatic carbocycles. The zero-order valence-electron chi connectivity index (χ0n) is 10.6. The van der Waals surface area contributed by atoms with E-state index in [1.165, 1.54) is 34.9 Å². The molecule has 0 bridgehead atoms. The summed E-state index contributed by atoms with van der Waals surface area (Å²) in [6.07, 6.45) is 0. The van der Waals surface area contributed by atoms with Crippen molar-refractivity contribution in [3.8, 4) is 11.1 Å². The molecule has 96 valence electrons. The van der Waals surface area contributed by atoms with Crippen LogP contribution in [0, 0.1) is 3.57 Å². The summed E-state index contributed by atoms with van der Waals surface area (Å²) in [6, 6.07) is 23.9. The first-order chi connectivity index (χ1) is 9.83. The highest BCUT2D eigenvalue weighted by Gasteiger charge is 2.09. The molecule has 20 heavy (non-hydrogen) atoms. The van der Waals surface area contributed by atoms with Gasteiger partial charge >= 0.3 is 0 Å². The number of benzene rings is 3. The smallest absolute Gasteiger partial charge is 0.0433 e. The van der Waals surface area contributed by atoms with Crippen molar-refractivity contribution in [3.05, 3.63) is 70.3 Å². The lowest BCUT2D eigenvalue weighted by Gasteiger charge is -2.02. The van der Waals surface area contributed by atoms with Crippen LogP contribution in [0.3, 0.4) is 0 Å². The molecule has 1 heterocycles. The zero-order chi connectivity index (χ0) is 13.5.